The van der Waals surface area contributed by atoms with Crippen LogP contribution in [0.1, 0.15) is 24.7 Å². The van der Waals surface area contributed by atoms with Gasteiger partial charge in [-0.15, -0.1) is 10.2 Å². The topological polar surface area (TPSA) is 82.5 Å². The van der Waals surface area contributed by atoms with Gasteiger partial charge in [0.2, 0.25) is 0 Å². The Morgan fingerprint density at radius 1 is 1.32 bits per heavy atom. The number of aryl methyl sites for hydroxylation is 1. The first-order valence-corrected chi connectivity index (χ1v) is 7.02. The molecule has 0 fully saturated rings. The van der Waals surface area contributed by atoms with Gasteiger partial charge in [0.1, 0.15) is 5.82 Å². The maximum absolute atomic E-state index is 5.91. The molecule has 2 N–H and O–H groups in total. The van der Waals surface area contributed by atoms with Crippen LogP contribution in [0.15, 0.2) is 22.7 Å². The fraction of sp³-hybridized carbons (Fsp3) is 0.500. The SMILES string of the molecule is CCC(N)Cc1cnc(Sc2nnc(C)n2C)nc1. The minimum absolute atomic E-state index is 0.170. The van der Waals surface area contributed by atoms with Gasteiger partial charge < -0.3 is 10.3 Å². The van der Waals surface area contributed by atoms with Crippen LogP contribution in [0, 0.1) is 6.92 Å². The largest absolute Gasteiger partial charge is 0.327 e. The fourth-order valence-corrected chi connectivity index (χ4v) is 2.23. The third-order valence-corrected chi connectivity index (χ3v) is 3.87. The molecule has 102 valence electrons. The number of hydrogen-bond acceptors (Lipinski definition) is 6. The predicted octanol–water partition coefficient (Wildman–Crippen LogP) is 1.34. The van der Waals surface area contributed by atoms with Crippen molar-refractivity contribution < 1.29 is 0 Å². The molecule has 2 rings (SSSR count). The van der Waals surface area contributed by atoms with Crippen molar-refractivity contribution >= 4 is 11.8 Å². The van der Waals surface area contributed by atoms with Crippen molar-refractivity contribution in [2.75, 3.05) is 0 Å². The average Bonchev–Trinajstić information content (AvgIpc) is 2.73. The summed E-state index contributed by atoms with van der Waals surface area (Å²) in [5.74, 6) is 0.869. The summed E-state index contributed by atoms with van der Waals surface area (Å²) in [6.07, 6.45) is 5.42. The van der Waals surface area contributed by atoms with E-state index in [4.69, 9.17) is 5.73 Å². The Morgan fingerprint density at radius 3 is 2.53 bits per heavy atom. The lowest BCUT2D eigenvalue weighted by Crippen LogP contribution is -2.21. The maximum Gasteiger partial charge on any atom is 0.198 e. The highest BCUT2D eigenvalue weighted by Gasteiger charge is 2.09. The van der Waals surface area contributed by atoms with Gasteiger partial charge in [-0.25, -0.2) is 9.97 Å². The number of rotatable bonds is 5. The van der Waals surface area contributed by atoms with E-state index < -0.39 is 0 Å². The van der Waals surface area contributed by atoms with Gasteiger partial charge in [-0.3, -0.25) is 0 Å². The van der Waals surface area contributed by atoms with Crippen LogP contribution in [0.25, 0.3) is 0 Å². The first-order chi connectivity index (χ1) is 9.10. The fourth-order valence-electron chi connectivity index (χ4n) is 1.51. The second-order valence-corrected chi connectivity index (χ2v) is 5.37. The van der Waals surface area contributed by atoms with Crippen LogP contribution in [-0.4, -0.2) is 30.8 Å². The summed E-state index contributed by atoms with van der Waals surface area (Å²) in [4.78, 5) is 8.65. The Morgan fingerprint density at radius 2 is 2.00 bits per heavy atom. The van der Waals surface area contributed by atoms with Crippen LogP contribution in [0.5, 0.6) is 0 Å². The molecule has 19 heavy (non-hydrogen) atoms. The lowest BCUT2D eigenvalue weighted by atomic mass is 10.1. The number of nitrogens with two attached hydrogens (primary N) is 1. The zero-order chi connectivity index (χ0) is 13.8. The van der Waals surface area contributed by atoms with Crippen LogP contribution in [0.2, 0.25) is 0 Å². The highest BCUT2D eigenvalue weighted by atomic mass is 32.2. The van der Waals surface area contributed by atoms with Gasteiger partial charge in [0, 0.05) is 25.5 Å². The molecule has 0 saturated heterocycles. The third-order valence-electron chi connectivity index (χ3n) is 2.94. The molecule has 1 atom stereocenters. The van der Waals surface area contributed by atoms with Crippen LogP contribution in [-0.2, 0) is 13.5 Å². The van der Waals surface area contributed by atoms with Crippen LogP contribution >= 0.6 is 11.8 Å². The van der Waals surface area contributed by atoms with E-state index in [2.05, 4.69) is 27.1 Å². The van der Waals surface area contributed by atoms with E-state index in [9.17, 15) is 0 Å². The summed E-state index contributed by atoms with van der Waals surface area (Å²) in [5, 5.41) is 9.53. The van der Waals surface area contributed by atoms with Crippen molar-refractivity contribution in [2.24, 2.45) is 12.8 Å². The van der Waals surface area contributed by atoms with Crippen molar-refractivity contribution in [1.82, 2.24) is 24.7 Å². The van der Waals surface area contributed by atoms with Gasteiger partial charge in [-0.2, -0.15) is 0 Å². The van der Waals surface area contributed by atoms with E-state index in [0.29, 0.717) is 5.16 Å². The van der Waals surface area contributed by atoms with E-state index in [1.54, 1.807) is 0 Å². The molecule has 0 radical (unpaired) electrons. The van der Waals surface area contributed by atoms with Crippen LogP contribution < -0.4 is 5.73 Å². The Kier molecular flexibility index (Phi) is 4.49. The summed E-state index contributed by atoms with van der Waals surface area (Å²) in [6.45, 7) is 3.99. The molecule has 0 amide bonds. The molecule has 0 aliphatic heterocycles. The molecule has 7 heteroatoms. The quantitative estimate of drug-likeness (QED) is 0.831. The molecule has 1 unspecified atom stereocenters. The molecule has 6 nitrogen and oxygen atoms in total. The summed E-state index contributed by atoms with van der Waals surface area (Å²) in [6, 6.07) is 0.170. The highest BCUT2D eigenvalue weighted by molar-refractivity contribution is 7.99. The third kappa shape index (κ3) is 3.51. The molecule has 2 aromatic heterocycles. The summed E-state index contributed by atoms with van der Waals surface area (Å²) < 4.78 is 1.91. The van der Waals surface area contributed by atoms with E-state index in [1.165, 1.54) is 11.8 Å². The standard InChI is InChI=1S/C12H18N6S/c1-4-10(13)5-9-6-14-11(15-7-9)19-12-17-16-8(2)18(12)3/h6-7,10H,4-5,13H2,1-3H3. The second-order valence-electron chi connectivity index (χ2n) is 4.44. The van der Waals surface area contributed by atoms with Gasteiger partial charge >= 0.3 is 0 Å². The first kappa shape index (κ1) is 14.0. The number of aromatic nitrogens is 5. The molecule has 2 aromatic rings. The second kappa shape index (κ2) is 6.12. The monoisotopic (exact) mass is 278 g/mol. The van der Waals surface area contributed by atoms with E-state index >= 15 is 0 Å². The smallest absolute Gasteiger partial charge is 0.198 e. The van der Waals surface area contributed by atoms with Gasteiger partial charge in [0.15, 0.2) is 10.3 Å². The first-order valence-electron chi connectivity index (χ1n) is 6.20. The normalized spacial score (nSPS) is 12.6. The Labute approximate surface area is 116 Å². The molecular weight excluding hydrogens is 260 g/mol. The average molecular weight is 278 g/mol. The minimum Gasteiger partial charge on any atom is -0.327 e. The molecule has 0 aliphatic rings. The Balaban J connectivity index is 2.04. The molecule has 0 spiro atoms. The summed E-state index contributed by atoms with van der Waals surface area (Å²) in [7, 11) is 1.92. The Hall–Kier alpha value is -1.47. The molecule has 0 bridgehead atoms. The van der Waals surface area contributed by atoms with Gasteiger partial charge in [0.05, 0.1) is 0 Å². The Bertz CT molecular complexity index is 536. The van der Waals surface area contributed by atoms with Crippen molar-refractivity contribution in [2.45, 2.75) is 43.0 Å². The van der Waals surface area contributed by atoms with E-state index in [-0.39, 0.29) is 6.04 Å². The lowest BCUT2D eigenvalue weighted by Gasteiger charge is -2.07. The maximum atomic E-state index is 5.91. The van der Waals surface area contributed by atoms with Gasteiger partial charge in [0.25, 0.3) is 0 Å². The van der Waals surface area contributed by atoms with Crippen molar-refractivity contribution in [1.29, 1.82) is 0 Å². The molecule has 2 heterocycles. The van der Waals surface area contributed by atoms with Gasteiger partial charge in [-0.1, -0.05) is 6.92 Å². The van der Waals surface area contributed by atoms with Crippen molar-refractivity contribution in [3.8, 4) is 0 Å². The van der Waals surface area contributed by atoms with E-state index in [0.717, 1.165) is 29.4 Å². The summed E-state index contributed by atoms with van der Waals surface area (Å²) >= 11 is 1.40. The zero-order valence-electron chi connectivity index (χ0n) is 11.4. The highest BCUT2D eigenvalue weighted by Crippen LogP contribution is 2.22. The minimum atomic E-state index is 0.170. The van der Waals surface area contributed by atoms with Crippen LogP contribution in [0.3, 0.4) is 0 Å². The predicted molar refractivity (Wildman–Crippen MR) is 73.9 cm³/mol. The molecule has 0 aliphatic carbocycles. The molecular formula is C12H18N6S. The lowest BCUT2D eigenvalue weighted by molar-refractivity contribution is 0.641. The number of nitrogens with zero attached hydrogens (tertiary/aromatic N) is 5. The number of hydrogen-bond donors (Lipinski definition) is 1. The van der Waals surface area contributed by atoms with Crippen molar-refractivity contribution in [3.05, 3.63) is 23.8 Å². The molecule has 0 saturated carbocycles. The van der Waals surface area contributed by atoms with E-state index in [1.807, 2.05) is 30.9 Å². The summed E-state index contributed by atoms with van der Waals surface area (Å²) in [5.41, 5.74) is 6.97. The molecule has 0 aromatic carbocycles. The van der Waals surface area contributed by atoms with Crippen molar-refractivity contribution in [3.63, 3.8) is 0 Å². The van der Waals surface area contributed by atoms with Gasteiger partial charge in [-0.05, 0) is 37.1 Å². The zero-order valence-corrected chi connectivity index (χ0v) is 12.2. The van der Waals surface area contributed by atoms with Crippen LogP contribution in [0.4, 0.5) is 0 Å².